The molecule has 0 N–H and O–H groups in total. The van der Waals surface area contributed by atoms with Crippen LogP contribution in [0.15, 0.2) is 94.2 Å². The summed E-state index contributed by atoms with van der Waals surface area (Å²) < 4.78 is 48.3. The normalized spacial score (nSPS) is 22.9. The lowest BCUT2D eigenvalue weighted by molar-refractivity contribution is -0.152. The third-order valence-electron chi connectivity index (χ3n) is 14.1. The maximum Gasteiger partial charge on any atom is 0.329 e. The molecule has 3 heterocycles. The van der Waals surface area contributed by atoms with E-state index in [2.05, 4.69) is 0 Å². The largest absolute Gasteiger partial charge is 0.486 e. The van der Waals surface area contributed by atoms with Gasteiger partial charge in [0.25, 0.3) is 0 Å². The predicted molar refractivity (Wildman–Crippen MR) is 332 cm³/mol. The minimum Gasteiger partial charge on any atom is -0.486 e. The molecule has 448 valence electrons. The number of thiocarbonyl (C=S) groups is 4. The third kappa shape index (κ3) is 19.6. The van der Waals surface area contributed by atoms with Crippen LogP contribution in [-0.4, -0.2) is 140 Å². The van der Waals surface area contributed by atoms with Crippen LogP contribution in [0.4, 0.5) is 0 Å². The molecule has 0 saturated carbocycles. The highest BCUT2D eigenvalue weighted by atomic mass is 32.1. The van der Waals surface area contributed by atoms with Gasteiger partial charge in [-0.2, -0.15) is 0 Å². The number of likely N-dealkylation sites (N-methyl/N-ethyl adjacent to an activating group) is 4. The number of nitrogens with zero attached hydrogens (tertiary/aromatic N) is 4. The van der Waals surface area contributed by atoms with Gasteiger partial charge in [0.15, 0.2) is 12.2 Å². The Morgan fingerprint density at radius 2 is 0.707 bits per heavy atom. The molecule has 0 radical (unpaired) electrons. The topological polar surface area (TPSA) is 163 Å². The highest BCUT2D eigenvalue weighted by Crippen LogP contribution is 2.27. The number of esters is 4. The number of carbonyl (C=O) groups is 4. The summed E-state index contributed by atoms with van der Waals surface area (Å²) in [7, 11) is 6.74. The molecular weight excluding hydrogens is 1120 g/mol. The fraction of sp³-hybridized carbons (Fsp3) is 0.548. The first kappa shape index (κ1) is 66.8. The number of furan rings is 2. The van der Waals surface area contributed by atoms with Crippen molar-refractivity contribution in [2.24, 2.45) is 23.7 Å². The van der Waals surface area contributed by atoms with Crippen molar-refractivity contribution in [3.63, 3.8) is 0 Å². The van der Waals surface area contributed by atoms with Gasteiger partial charge in [-0.25, -0.2) is 19.2 Å². The molecule has 1 fully saturated rings. The second-order valence-electron chi connectivity index (χ2n) is 22.8. The van der Waals surface area contributed by atoms with Gasteiger partial charge in [-0.1, -0.05) is 129 Å². The third-order valence-corrected chi connectivity index (χ3v) is 16.4. The second-order valence-corrected chi connectivity index (χ2v) is 24.5. The number of cyclic esters (lactones) is 4. The van der Waals surface area contributed by atoms with Crippen molar-refractivity contribution in [3.8, 4) is 11.5 Å². The molecule has 0 unspecified atom stereocenters. The number of hydrogen-bond donors (Lipinski definition) is 0. The van der Waals surface area contributed by atoms with Crippen molar-refractivity contribution in [1.82, 2.24) is 19.6 Å². The lowest BCUT2D eigenvalue weighted by Gasteiger charge is -2.38. The Bertz CT molecular complexity index is 2530. The van der Waals surface area contributed by atoms with E-state index in [-0.39, 0.29) is 69.7 Å². The minimum atomic E-state index is -1.07. The van der Waals surface area contributed by atoms with E-state index in [4.69, 9.17) is 86.1 Å². The molecule has 2 aromatic carbocycles. The summed E-state index contributed by atoms with van der Waals surface area (Å²) >= 11 is 24.6. The van der Waals surface area contributed by atoms with E-state index >= 15 is 0 Å². The summed E-state index contributed by atoms with van der Waals surface area (Å²) in [5, 5.41) is 0. The minimum absolute atomic E-state index is 0.0158. The van der Waals surface area contributed by atoms with Crippen LogP contribution in [0, 0.1) is 23.7 Å². The molecule has 0 bridgehead atoms. The number of rotatable bonds is 18. The van der Waals surface area contributed by atoms with Gasteiger partial charge in [-0.15, -0.1) is 0 Å². The van der Waals surface area contributed by atoms with Crippen LogP contribution in [0.5, 0.6) is 11.5 Å². The van der Waals surface area contributed by atoms with Gasteiger partial charge in [0, 0.05) is 41.0 Å². The molecule has 16 nitrogen and oxygen atoms in total. The van der Waals surface area contributed by atoms with Gasteiger partial charge in [0.05, 0.1) is 12.5 Å². The monoisotopic (exact) mass is 1200 g/mol. The quantitative estimate of drug-likeness (QED) is 0.0525. The molecule has 0 amide bonds. The van der Waals surface area contributed by atoms with Gasteiger partial charge < -0.3 is 56.9 Å². The van der Waals surface area contributed by atoms with Crippen molar-refractivity contribution < 1.29 is 56.4 Å². The van der Waals surface area contributed by atoms with Gasteiger partial charge in [-0.3, -0.25) is 0 Å². The average molecular weight is 1210 g/mol. The summed E-state index contributed by atoms with van der Waals surface area (Å²) in [6, 6.07) is 18.1. The van der Waals surface area contributed by atoms with Crippen molar-refractivity contribution >= 4 is 92.7 Å². The van der Waals surface area contributed by atoms with Crippen LogP contribution < -0.4 is 9.47 Å². The van der Waals surface area contributed by atoms with Crippen LogP contribution >= 0.6 is 48.9 Å². The summed E-state index contributed by atoms with van der Waals surface area (Å²) in [5.41, 5.74) is 1.54. The standard InChI is InChI=1S/C62H84N4O12S4/c1-37(2)29-49-59(67)75-41(9)55(79)63(11)52(32-40(7)8)62(70)78-54(34-44-21-25-46(26-22-44)74-36-48-18-16-28-72-48)58(82)66(14)50(30-38(3)4)60(68)76-42(10)56(80)64(12)51(31-39(5)6)61(69)77-53(57(81)65(49)13)33-43-19-23-45(24-20-43)73-35-47-17-15-27-71-47/h15-28,37-42,49-54H,29-36H2,1-14H3/t41-,42-,49+,50+,51+,52+,53-,54-/m0/s1. The van der Waals surface area contributed by atoms with Gasteiger partial charge in [-0.05, 0) is 123 Å². The van der Waals surface area contributed by atoms with Gasteiger partial charge >= 0.3 is 23.9 Å². The molecule has 1 aliphatic rings. The van der Waals surface area contributed by atoms with Crippen LogP contribution in [-0.2, 0) is 64.2 Å². The van der Waals surface area contributed by atoms with Crippen molar-refractivity contribution in [1.29, 1.82) is 0 Å². The maximum atomic E-state index is 14.9. The molecule has 4 aromatic rings. The molecule has 5 rings (SSSR count). The van der Waals surface area contributed by atoms with Crippen LogP contribution in [0.3, 0.4) is 0 Å². The first-order valence-electron chi connectivity index (χ1n) is 28.1. The average Bonchev–Trinajstić information content (AvgIpc) is 4.31. The Morgan fingerprint density at radius 3 is 0.976 bits per heavy atom. The van der Waals surface area contributed by atoms with E-state index in [1.54, 1.807) is 86.3 Å². The Morgan fingerprint density at radius 1 is 0.427 bits per heavy atom. The zero-order chi connectivity index (χ0) is 60.5. The molecule has 2 aromatic heterocycles. The molecule has 1 aliphatic heterocycles. The van der Waals surface area contributed by atoms with E-state index in [1.165, 1.54) is 0 Å². The molecule has 0 aliphatic carbocycles. The molecule has 1 saturated heterocycles. The van der Waals surface area contributed by atoms with Gasteiger partial charge in [0.2, 0.25) is 0 Å². The Kier molecular flexibility index (Phi) is 25.8. The van der Waals surface area contributed by atoms with Crippen molar-refractivity contribution in [2.75, 3.05) is 28.2 Å². The Balaban J connectivity index is 1.57. The van der Waals surface area contributed by atoms with E-state index in [9.17, 15) is 19.2 Å². The summed E-state index contributed by atoms with van der Waals surface area (Å²) in [6.45, 7) is 19.6. The van der Waals surface area contributed by atoms with Crippen LogP contribution in [0.25, 0.3) is 0 Å². The smallest absolute Gasteiger partial charge is 0.329 e. The van der Waals surface area contributed by atoms with Gasteiger partial charge in [0.1, 0.15) is 92.6 Å². The molecular formula is C62H84N4O12S4. The SMILES string of the molecule is CC(C)C[C@@H]1C(=O)O[C@@H](Cc2ccc(OCc3ccco3)cc2)C(=S)N(C)[C@H](CC(C)C)C(=O)O[C@@H](C)C(=S)N(C)[C@H](CC(C)C)C(=O)O[C@@H](Cc2ccc(OCc3ccco3)cc2)C(=S)N(C)[C@H](CC(C)C)C(=O)O[C@@H](C)C(=S)N1C. The first-order valence-corrected chi connectivity index (χ1v) is 29.7. The van der Waals surface area contributed by atoms with Crippen molar-refractivity contribution in [2.45, 2.75) is 170 Å². The van der Waals surface area contributed by atoms with E-state index in [1.807, 2.05) is 116 Å². The predicted octanol–water partition coefficient (Wildman–Crippen LogP) is 11.2. The van der Waals surface area contributed by atoms with E-state index in [0.29, 0.717) is 48.7 Å². The molecule has 0 spiro atoms. The highest BCUT2D eigenvalue weighted by Gasteiger charge is 2.40. The molecule has 20 heteroatoms. The fourth-order valence-electron chi connectivity index (χ4n) is 9.45. The number of carbonyl (C=O) groups excluding carboxylic acids is 4. The first-order chi connectivity index (χ1) is 38.7. The zero-order valence-electron chi connectivity index (χ0n) is 50.0. The molecule has 82 heavy (non-hydrogen) atoms. The second kappa shape index (κ2) is 31.6. The number of hydrogen-bond acceptors (Lipinski definition) is 16. The summed E-state index contributed by atoms with van der Waals surface area (Å²) in [4.78, 5) is 66.5. The lowest BCUT2D eigenvalue weighted by Crippen LogP contribution is -2.54. The number of benzene rings is 2. The van der Waals surface area contributed by atoms with Crippen LogP contribution in [0.1, 0.15) is 118 Å². The summed E-state index contributed by atoms with van der Waals surface area (Å²) in [5.74, 6) is -0.00810. The Hall–Kier alpha value is -5.96. The highest BCUT2D eigenvalue weighted by molar-refractivity contribution is 7.81. The summed E-state index contributed by atoms with van der Waals surface area (Å²) in [6.07, 6.45) is 0.540. The Labute approximate surface area is 506 Å². The fourth-order valence-corrected chi connectivity index (χ4v) is 10.3. The van der Waals surface area contributed by atoms with E-state index < -0.39 is 72.5 Å². The van der Waals surface area contributed by atoms with Crippen molar-refractivity contribution in [3.05, 3.63) is 108 Å². The lowest BCUT2D eigenvalue weighted by atomic mass is 10.00. The zero-order valence-corrected chi connectivity index (χ0v) is 53.3. The van der Waals surface area contributed by atoms with E-state index in [0.717, 1.165) is 11.1 Å². The number of ether oxygens (including phenoxy) is 6. The molecule has 8 atom stereocenters. The maximum absolute atomic E-state index is 14.9. The van der Waals surface area contributed by atoms with Crippen LogP contribution in [0.2, 0.25) is 0 Å².